The molecule has 0 saturated heterocycles. The van der Waals surface area contributed by atoms with Gasteiger partial charge in [-0.05, 0) is 32.0 Å². The van der Waals surface area contributed by atoms with E-state index in [9.17, 15) is 4.39 Å². The third kappa shape index (κ3) is 3.27. The van der Waals surface area contributed by atoms with Crippen LogP contribution in [0.15, 0.2) is 35.1 Å². The molecule has 3 nitrogen and oxygen atoms in total. The molecule has 5 heteroatoms. The van der Waals surface area contributed by atoms with Crippen LogP contribution < -0.4 is 5.32 Å². The fourth-order valence-electron chi connectivity index (χ4n) is 2.16. The van der Waals surface area contributed by atoms with Crippen LogP contribution in [0.1, 0.15) is 37.4 Å². The van der Waals surface area contributed by atoms with E-state index < -0.39 is 0 Å². The molecule has 1 atom stereocenters. The first-order valence-electron chi connectivity index (χ1n) is 6.87. The first-order chi connectivity index (χ1) is 9.67. The van der Waals surface area contributed by atoms with Crippen molar-refractivity contribution in [3.8, 4) is 0 Å². The van der Waals surface area contributed by atoms with Gasteiger partial charge in [0.25, 0.3) is 0 Å². The number of halogens is 2. The normalized spacial score (nSPS) is 12.6. The van der Waals surface area contributed by atoms with Crippen LogP contribution in [-0.2, 0) is 6.54 Å². The first kappa shape index (κ1) is 15.2. The van der Waals surface area contributed by atoms with Gasteiger partial charge in [0.05, 0.1) is 12.2 Å². The van der Waals surface area contributed by atoms with Crippen molar-refractivity contribution in [1.82, 2.24) is 15.1 Å². The lowest BCUT2D eigenvalue weighted by molar-refractivity contribution is 0.544. The molecule has 0 amide bonds. The van der Waals surface area contributed by atoms with Gasteiger partial charge in [0, 0.05) is 28.3 Å². The van der Waals surface area contributed by atoms with Crippen LogP contribution in [0, 0.1) is 5.82 Å². The lowest BCUT2D eigenvalue weighted by Gasteiger charge is -2.19. The van der Waals surface area contributed by atoms with Crippen molar-refractivity contribution >= 4 is 15.9 Å². The topological polar surface area (TPSA) is 29.9 Å². The van der Waals surface area contributed by atoms with E-state index in [2.05, 4.69) is 33.3 Å². The van der Waals surface area contributed by atoms with Gasteiger partial charge in [-0.3, -0.25) is 4.68 Å². The maximum absolute atomic E-state index is 14.2. The minimum atomic E-state index is -0.211. The van der Waals surface area contributed by atoms with Gasteiger partial charge in [-0.15, -0.1) is 0 Å². The maximum atomic E-state index is 14.2. The van der Waals surface area contributed by atoms with Gasteiger partial charge < -0.3 is 5.32 Å². The number of hydrogen-bond donors (Lipinski definition) is 1. The molecule has 1 aromatic heterocycles. The summed E-state index contributed by atoms with van der Waals surface area (Å²) in [5.74, 6) is -0.211. The second-order valence-electron chi connectivity index (χ2n) is 4.65. The van der Waals surface area contributed by atoms with Crippen LogP contribution in [0.5, 0.6) is 0 Å². The molecule has 0 saturated carbocycles. The Kier molecular flexibility index (Phi) is 5.31. The molecule has 108 valence electrons. The summed E-state index contributed by atoms with van der Waals surface area (Å²) in [6, 6.07) is 4.87. The summed E-state index contributed by atoms with van der Waals surface area (Å²) in [6.45, 7) is 5.75. The molecule has 0 spiro atoms. The van der Waals surface area contributed by atoms with Gasteiger partial charge in [0.2, 0.25) is 0 Å². The van der Waals surface area contributed by atoms with Crippen molar-refractivity contribution in [3.63, 3.8) is 0 Å². The molecule has 0 bridgehead atoms. The van der Waals surface area contributed by atoms with Crippen LogP contribution in [0.2, 0.25) is 0 Å². The zero-order valence-corrected chi connectivity index (χ0v) is 13.3. The second kappa shape index (κ2) is 6.99. The summed E-state index contributed by atoms with van der Waals surface area (Å²) in [7, 11) is 0. The molecular weight excluding hydrogens is 321 g/mol. The Balaban J connectivity index is 2.41. The number of nitrogens with zero attached hydrogens (tertiary/aromatic N) is 2. The van der Waals surface area contributed by atoms with Gasteiger partial charge in [-0.25, -0.2) is 4.39 Å². The van der Waals surface area contributed by atoms with Crippen molar-refractivity contribution < 1.29 is 4.39 Å². The number of aryl methyl sites for hydroxylation is 1. The third-order valence-corrected chi connectivity index (χ3v) is 3.89. The van der Waals surface area contributed by atoms with Gasteiger partial charge in [0.15, 0.2) is 0 Å². The van der Waals surface area contributed by atoms with E-state index in [1.807, 2.05) is 23.9 Å². The molecule has 2 aromatic rings. The first-order valence-corrected chi connectivity index (χ1v) is 7.66. The van der Waals surface area contributed by atoms with Crippen molar-refractivity contribution in [1.29, 1.82) is 0 Å². The summed E-state index contributed by atoms with van der Waals surface area (Å²) < 4.78 is 16.8. The Morgan fingerprint density at radius 3 is 2.80 bits per heavy atom. The number of hydrogen-bond acceptors (Lipinski definition) is 2. The SMILES string of the molecule is CCCNC(c1cnn(CC)c1)c1c(F)cccc1Br. The summed E-state index contributed by atoms with van der Waals surface area (Å²) in [6.07, 6.45) is 4.76. The quantitative estimate of drug-likeness (QED) is 0.865. The van der Waals surface area contributed by atoms with E-state index in [0.717, 1.165) is 29.5 Å². The lowest BCUT2D eigenvalue weighted by Crippen LogP contribution is -2.24. The van der Waals surface area contributed by atoms with E-state index in [1.165, 1.54) is 6.07 Å². The van der Waals surface area contributed by atoms with Gasteiger partial charge >= 0.3 is 0 Å². The molecule has 0 aliphatic rings. The molecule has 0 radical (unpaired) electrons. The Morgan fingerprint density at radius 1 is 1.40 bits per heavy atom. The highest BCUT2D eigenvalue weighted by Gasteiger charge is 2.21. The van der Waals surface area contributed by atoms with Crippen molar-refractivity contribution in [2.75, 3.05) is 6.54 Å². The highest BCUT2D eigenvalue weighted by Crippen LogP contribution is 2.30. The van der Waals surface area contributed by atoms with Gasteiger partial charge in [0.1, 0.15) is 5.82 Å². The molecule has 0 aliphatic carbocycles. The predicted octanol–water partition coefficient (Wildman–Crippen LogP) is 3.89. The Labute approximate surface area is 127 Å². The summed E-state index contributed by atoms with van der Waals surface area (Å²) >= 11 is 3.45. The predicted molar refractivity (Wildman–Crippen MR) is 82.1 cm³/mol. The summed E-state index contributed by atoms with van der Waals surface area (Å²) in [4.78, 5) is 0. The molecule has 1 aromatic carbocycles. The molecule has 1 N–H and O–H groups in total. The van der Waals surface area contributed by atoms with Crippen molar-refractivity contribution in [3.05, 3.63) is 52.0 Å². The molecule has 1 unspecified atom stereocenters. The van der Waals surface area contributed by atoms with Crippen LogP contribution in [0.25, 0.3) is 0 Å². The average molecular weight is 340 g/mol. The number of rotatable bonds is 6. The van der Waals surface area contributed by atoms with Gasteiger partial charge in [-0.1, -0.05) is 28.9 Å². The highest BCUT2D eigenvalue weighted by atomic mass is 79.9. The maximum Gasteiger partial charge on any atom is 0.129 e. The molecule has 1 heterocycles. The minimum absolute atomic E-state index is 0.189. The largest absolute Gasteiger partial charge is 0.306 e. The van der Waals surface area contributed by atoms with E-state index in [1.54, 1.807) is 12.3 Å². The average Bonchev–Trinajstić information content (AvgIpc) is 2.90. The Morgan fingerprint density at radius 2 is 2.20 bits per heavy atom. The fourth-order valence-corrected chi connectivity index (χ4v) is 2.73. The van der Waals surface area contributed by atoms with E-state index in [4.69, 9.17) is 0 Å². The van der Waals surface area contributed by atoms with Crippen LogP contribution >= 0.6 is 15.9 Å². The Bertz CT molecular complexity index is 548. The second-order valence-corrected chi connectivity index (χ2v) is 5.51. The fraction of sp³-hybridized carbons (Fsp3) is 0.400. The smallest absolute Gasteiger partial charge is 0.129 e. The van der Waals surface area contributed by atoms with Gasteiger partial charge in [-0.2, -0.15) is 5.10 Å². The van der Waals surface area contributed by atoms with Crippen molar-refractivity contribution in [2.45, 2.75) is 32.9 Å². The lowest BCUT2D eigenvalue weighted by atomic mass is 10.0. The van der Waals surface area contributed by atoms with E-state index >= 15 is 0 Å². The minimum Gasteiger partial charge on any atom is -0.306 e. The molecule has 20 heavy (non-hydrogen) atoms. The zero-order valence-electron chi connectivity index (χ0n) is 11.7. The zero-order chi connectivity index (χ0) is 14.5. The standard InChI is InChI=1S/C15H19BrFN3/c1-3-8-18-15(11-9-19-20(4-2)10-11)14-12(16)6-5-7-13(14)17/h5-7,9-10,15,18H,3-4,8H2,1-2H3. The summed E-state index contributed by atoms with van der Waals surface area (Å²) in [5, 5.41) is 7.69. The number of benzene rings is 1. The van der Waals surface area contributed by atoms with Crippen LogP contribution in [-0.4, -0.2) is 16.3 Å². The van der Waals surface area contributed by atoms with E-state index in [-0.39, 0.29) is 11.9 Å². The molecule has 0 fully saturated rings. The van der Waals surface area contributed by atoms with Crippen LogP contribution in [0.3, 0.4) is 0 Å². The van der Waals surface area contributed by atoms with E-state index in [0.29, 0.717) is 5.56 Å². The van der Waals surface area contributed by atoms with Crippen LogP contribution in [0.4, 0.5) is 4.39 Å². The monoisotopic (exact) mass is 339 g/mol. The molecule has 0 aliphatic heterocycles. The van der Waals surface area contributed by atoms with Crippen molar-refractivity contribution in [2.24, 2.45) is 0 Å². The highest BCUT2D eigenvalue weighted by molar-refractivity contribution is 9.10. The number of aromatic nitrogens is 2. The molecular formula is C15H19BrFN3. The Hall–Kier alpha value is -1.20. The summed E-state index contributed by atoms with van der Waals surface area (Å²) in [5.41, 5.74) is 1.61. The third-order valence-electron chi connectivity index (χ3n) is 3.20. The molecule has 2 rings (SSSR count). The number of nitrogens with one attached hydrogen (secondary N) is 1.